The summed E-state index contributed by atoms with van der Waals surface area (Å²) >= 11 is 3.75. The van der Waals surface area contributed by atoms with Crippen molar-refractivity contribution in [3.8, 4) is 28.0 Å². The van der Waals surface area contributed by atoms with Crippen molar-refractivity contribution in [2.45, 2.75) is 4.90 Å². The number of ether oxygens (including phenoxy) is 1. The van der Waals surface area contributed by atoms with Crippen LogP contribution in [-0.4, -0.2) is 7.11 Å². The van der Waals surface area contributed by atoms with E-state index in [0.29, 0.717) is 0 Å². The van der Waals surface area contributed by atoms with Crippen molar-refractivity contribution in [2.24, 2.45) is 0 Å². The van der Waals surface area contributed by atoms with Crippen molar-refractivity contribution in [1.29, 1.82) is 0 Å². The summed E-state index contributed by atoms with van der Waals surface area (Å²) in [5, 5.41) is 0. The predicted molar refractivity (Wildman–Crippen MR) is 106 cm³/mol. The van der Waals surface area contributed by atoms with E-state index in [1.165, 1.54) is 5.56 Å². The van der Waals surface area contributed by atoms with Crippen LogP contribution in [-0.2, 0) is 12.6 Å². The number of hydrogen-bond acceptors (Lipinski definition) is 1. The maximum absolute atomic E-state index is 10.7. The Balaban J connectivity index is 0.000000345. The Kier molecular flexibility index (Phi) is 5.79. The fourth-order valence-corrected chi connectivity index (χ4v) is 2.90. The summed E-state index contributed by atoms with van der Waals surface area (Å²) in [5.41, 5.74) is 4.57. The van der Waals surface area contributed by atoms with E-state index in [2.05, 4.69) is 49.0 Å². The molecule has 0 aliphatic rings. The van der Waals surface area contributed by atoms with E-state index in [-0.39, 0.29) is 0 Å². The summed E-state index contributed by atoms with van der Waals surface area (Å²) in [5.74, 6) is 0.877. The summed E-state index contributed by atoms with van der Waals surface area (Å²) in [7, 11) is -8.95. The van der Waals surface area contributed by atoms with Gasteiger partial charge in [-0.2, -0.15) is 0 Å². The third-order valence-corrected chi connectivity index (χ3v) is 3.93. The molecule has 9 heteroatoms. The molecule has 0 radical (unpaired) electrons. The first-order valence-corrected chi connectivity index (χ1v) is 10.4. The summed E-state index contributed by atoms with van der Waals surface area (Å²) < 4.78 is 64.8. The first-order chi connectivity index (χ1) is 12.8. The van der Waals surface area contributed by atoms with Crippen molar-refractivity contribution in [3.63, 3.8) is 0 Å². The Morgan fingerprint density at radius 3 is 1.43 bits per heavy atom. The standard InChI is InChI=1S/C19H16OS.F6P/c1-20-16-12-13-17(21)19(15-10-6-3-7-11-15)18(16)14-8-4-2-5-9-14;1-7(2,3,4,5)6/h2-13,21H,1H3;/q;-1/p+1. The maximum atomic E-state index is 9.87. The molecular formula is C19H17F6OPS. The van der Waals surface area contributed by atoms with Gasteiger partial charge in [0.2, 0.25) is 0 Å². The predicted octanol–water partition coefficient (Wildman–Crippen LogP) is 7.78. The molecule has 0 unspecified atom stereocenters. The summed E-state index contributed by atoms with van der Waals surface area (Å²) in [6, 6.07) is 24.7. The number of benzene rings is 3. The summed E-state index contributed by atoms with van der Waals surface area (Å²) in [4.78, 5) is 1.06. The van der Waals surface area contributed by atoms with Gasteiger partial charge in [0.15, 0.2) is 4.90 Å². The van der Waals surface area contributed by atoms with Crippen LogP contribution < -0.4 is 4.74 Å². The van der Waals surface area contributed by atoms with Crippen molar-refractivity contribution in [3.05, 3.63) is 72.8 Å². The molecule has 0 saturated heterocycles. The van der Waals surface area contributed by atoms with Crippen LogP contribution in [0.2, 0.25) is 0 Å². The van der Waals surface area contributed by atoms with Gasteiger partial charge in [0.05, 0.1) is 7.11 Å². The minimum atomic E-state index is -10.7. The molecule has 0 fully saturated rings. The third kappa shape index (κ3) is 7.44. The number of hydrogen-bond donors (Lipinski definition) is 0. The van der Waals surface area contributed by atoms with E-state index in [1.54, 1.807) is 7.11 Å². The summed E-state index contributed by atoms with van der Waals surface area (Å²) in [6.07, 6.45) is 0. The minimum absolute atomic E-state index is 0.877. The van der Waals surface area contributed by atoms with Crippen molar-refractivity contribution in [1.82, 2.24) is 0 Å². The first-order valence-electron chi connectivity index (χ1n) is 7.86. The van der Waals surface area contributed by atoms with Gasteiger partial charge in [0.1, 0.15) is 5.75 Å². The van der Waals surface area contributed by atoms with Gasteiger partial charge in [-0.3, -0.25) is 0 Å². The van der Waals surface area contributed by atoms with Gasteiger partial charge in [-0.05, 0) is 35.9 Å². The number of halogens is 6. The van der Waals surface area contributed by atoms with Gasteiger partial charge in [-0.25, -0.2) is 0 Å². The molecule has 0 bridgehead atoms. The number of methoxy groups -OCH3 is 1. The van der Waals surface area contributed by atoms with Crippen LogP contribution in [0.15, 0.2) is 77.7 Å². The van der Waals surface area contributed by atoms with Crippen molar-refractivity contribution < 1.29 is 29.9 Å². The molecule has 152 valence electrons. The molecule has 0 saturated carbocycles. The van der Waals surface area contributed by atoms with Crippen molar-refractivity contribution >= 4 is 20.4 Å². The molecule has 0 N–H and O–H groups in total. The van der Waals surface area contributed by atoms with Gasteiger partial charge in [-0.1, -0.05) is 60.7 Å². The van der Waals surface area contributed by atoms with Crippen LogP contribution in [0.4, 0.5) is 25.2 Å². The second-order valence-electron chi connectivity index (χ2n) is 5.76. The van der Waals surface area contributed by atoms with Crippen LogP contribution >= 0.6 is 7.81 Å². The molecule has 0 aliphatic heterocycles. The van der Waals surface area contributed by atoms with Crippen LogP contribution in [0.1, 0.15) is 0 Å². The molecule has 0 aliphatic carbocycles. The quantitative estimate of drug-likeness (QED) is 0.230. The molecule has 0 amide bonds. The molecule has 3 aromatic rings. The molecule has 3 aromatic carbocycles. The summed E-state index contributed by atoms with van der Waals surface area (Å²) in [6.45, 7) is 0. The third-order valence-electron chi connectivity index (χ3n) is 3.51. The zero-order chi connectivity index (χ0) is 21.1. The average molecular weight is 438 g/mol. The van der Waals surface area contributed by atoms with Gasteiger partial charge >= 0.3 is 33.0 Å². The molecule has 0 heterocycles. The first kappa shape index (κ1) is 22.1. The van der Waals surface area contributed by atoms with E-state index in [1.807, 2.05) is 36.4 Å². The Morgan fingerprint density at radius 1 is 0.643 bits per heavy atom. The molecule has 3 rings (SSSR count). The Bertz CT molecular complexity index is 934. The SMILES string of the molecule is COc1ccc([SH2+])c(-c2ccccc2)c1-c1ccccc1.F[P-](F)(F)(F)(F)F. The normalized spacial score (nSPS) is 13.6. The molecule has 0 atom stereocenters. The zero-order valence-corrected chi connectivity index (χ0v) is 16.4. The fourth-order valence-electron chi connectivity index (χ4n) is 2.55. The van der Waals surface area contributed by atoms with E-state index in [4.69, 9.17) is 4.74 Å². The molecule has 0 spiro atoms. The monoisotopic (exact) mass is 438 g/mol. The molecule has 28 heavy (non-hydrogen) atoms. The van der Waals surface area contributed by atoms with Crippen LogP contribution in [0.5, 0.6) is 5.75 Å². The zero-order valence-electron chi connectivity index (χ0n) is 14.6. The van der Waals surface area contributed by atoms with Crippen LogP contribution in [0.3, 0.4) is 0 Å². The number of rotatable bonds is 3. The molecular weight excluding hydrogens is 421 g/mol. The van der Waals surface area contributed by atoms with E-state index in [0.717, 1.165) is 27.3 Å². The Hall–Kier alpha value is -2.18. The fraction of sp³-hybridized carbons (Fsp3) is 0.0526. The van der Waals surface area contributed by atoms with Gasteiger partial charge in [0.25, 0.3) is 0 Å². The molecule has 0 aromatic heterocycles. The topological polar surface area (TPSA) is 9.23 Å². The Morgan fingerprint density at radius 2 is 1.04 bits per heavy atom. The second-order valence-corrected chi connectivity index (χ2v) is 8.21. The van der Waals surface area contributed by atoms with Crippen LogP contribution in [0, 0.1) is 0 Å². The van der Waals surface area contributed by atoms with Crippen LogP contribution in [0.25, 0.3) is 22.3 Å². The second kappa shape index (κ2) is 7.33. The Labute approximate surface area is 163 Å². The van der Waals surface area contributed by atoms with E-state index < -0.39 is 7.81 Å². The van der Waals surface area contributed by atoms with Gasteiger partial charge < -0.3 is 4.74 Å². The van der Waals surface area contributed by atoms with Gasteiger partial charge in [0, 0.05) is 11.1 Å². The van der Waals surface area contributed by atoms with Crippen molar-refractivity contribution in [2.75, 3.05) is 7.11 Å². The average Bonchev–Trinajstić information content (AvgIpc) is 2.60. The molecule has 1 nitrogen and oxygen atoms in total. The van der Waals surface area contributed by atoms with E-state index >= 15 is 0 Å². The van der Waals surface area contributed by atoms with E-state index in [9.17, 15) is 25.2 Å². The van der Waals surface area contributed by atoms with Gasteiger partial charge in [-0.15, -0.1) is 0 Å².